The third kappa shape index (κ3) is 1.44. The first-order valence-electron chi connectivity index (χ1n) is 4.76. The van der Waals surface area contributed by atoms with E-state index >= 15 is 0 Å². The van der Waals surface area contributed by atoms with E-state index in [9.17, 15) is 0 Å². The highest BCUT2D eigenvalue weighted by atomic mass is 35.5. The molecular formula is C11H14ClNO. The predicted molar refractivity (Wildman–Crippen MR) is 57.4 cm³/mol. The van der Waals surface area contributed by atoms with E-state index in [4.69, 9.17) is 22.1 Å². The molecule has 0 spiro atoms. The van der Waals surface area contributed by atoms with Gasteiger partial charge in [0.15, 0.2) is 0 Å². The summed E-state index contributed by atoms with van der Waals surface area (Å²) in [6.07, 6.45) is 0.0691. The molecule has 1 aliphatic heterocycles. The van der Waals surface area contributed by atoms with Gasteiger partial charge in [0.05, 0.1) is 18.8 Å². The van der Waals surface area contributed by atoms with E-state index in [2.05, 4.69) is 6.92 Å². The number of rotatable bonds is 0. The number of benzene rings is 1. The average molecular weight is 212 g/mol. The molecule has 1 unspecified atom stereocenters. The normalized spacial score (nSPS) is 26.0. The molecule has 0 amide bonds. The molecule has 2 atom stereocenters. The lowest BCUT2D eigenvalue weighted by Gasteiger charge is -2.30. The summed E-state index contributed by atoms with van der Waals surface area (Å²) in [5.41, 5.74) is 9.49. The Bertz CT molecular complexity index is 365. The van der Waals surface area contributed by atoms with Gasteiger partial charge in [0.25, 0.3) is 0 Å². The Balaban J connectivity index is 2.58. The third-order valence-electron chi connectivity index (χ3n) is 2.85. The van der Waals surface area contributed by atoms with Crippen LogP contribution in [0.3, 0.4) is 0 Å². The number of hydrogen-bond donors (Lipinski definition) is 1. The van der Waals surface area contributed by atoms with Crippen LogP contribution in [0.5, 0.6) is 0 Å². The zero-order valence-corrected chi connectivity index (χ0v) is 9.14. The van der Waals surface area contributed by atoms with Crippen LogP contribution in [0.4, 0.5) is 0 Å². The number of aryl methyl sites for hydroxylation is 1. The second kappa shape index (κ2) is 3.54. The summed E-state index contributed by atoms with van der Waals surface area (Å²) in [6.45, 7) is 4.63. The molecule has 1 heterocycles. The molecule has 1 aromatic rings. The molecule has 0 saturated heterocycles. The van der Waals surface area contributed by atoms with Gasteiger partial charge in [-0.2, -0.15) is 0 Å². The molecule has 2 nitrogen and oxygen atoms in total. The highest BCUT2D eigenvalue weighted by Crippen LogP contribution is 2.34. The average Bonchev–Trinajstić information content (AvgIpc) is 2.16. The lowest BCUT2D eigenvalue weighted by atomic mass is 9.91. The van der Waals surface area contributed by atoms with Crippen LogP contribution in [-0.2, 0) is 11.3 Å². The van der Waals surface area contributed by atoms with Crippen molar-refractivity contribution in [1.82, 2.24) is 0 Å². The van der Waals surface area contributed by atoms with Crippen LogP contribution in [0.25, 0.3) is 0 Å². The topological polar surface area (TPSA) is 35.2 Å². The minimum atomic E-state index is -0.0579. The van der Waals surface area contributed by atoms with Crippen molar-refractivity contribution >= 4 is 11.6 Å². The van der Waals surface area contributed by atoms with E-state index in [0.717, 1.165) is 16.1 Å². The Morgan fingerprint density at radius 3 is 2.93 bits per heavy atom. The molecule has 0 aromatic heterocycles. The summed E-state index contributed by atoms with van der Waals surface area (Å²) in [4.78, 5) is 0. The Hall–Kier alpha value is -0.570. The number of ether oxygens (including phenoxy) is 1. The number of fused-ring (bicyclic) bond motifs is 1. The smallest absolute Gasteiger partial charge is 0.0744 e. The summed E-state index contributed by atoms with van der Waals surface area (Å²) in [7, 11) is 0. The van der Waals surface area contributed by atoms with Crippen LogP contribution in [0, 0.1) is 6.92 Å². The molecule has 76 valence electrons. The Kier molecular flexibility index (Phi) is 2.52. The van der Waals surface area contributed by atoms with Crippen LogP contribution in [-0.4, -0.2) is 6.10 Å². The van der Waals surface area contributed by atoms with Crippen LogP contribution in [0.1, 0.15) is 29.7 Å². The molecular weight excluding hydrogens is 198 g/mol. The van der Waals surface area contributed by atoms with E-state index in [1.165, 1.54) is 5.56 Å². The minimum absolute atomic E-state index is 0.0579. The summed E-state index contributed by atoms with van der Waals surface area (Å²) in [5.74, 6) is 0. The van der Waals surface area contributed by atoms with Gasteiger partial charge in [0.2, 0.25) is 0 Å². The summed E-state index contributed by atoms with van der Waals surface area (Å²) < 4.78 is 5.54. The predicted octanol–water partition coefficient (Wildman–Crippen LogP) is 2.57. The van der Waals surface area contributed by atoms with Gasteiger partial charge in [-0.1, -0.05) is 17.7 Å². The quantitative estimate of drug-likeness (QED) is 0.716. The maximum atomic E-state index is 6.09. The molecule has 1 aromatic carbocycles. The van der Waals surface area contributed by atoms with Crippen LogP contribution in [0.15, 0.2) is 12.1 Å². The Labute approximate surface area is 89.0 Å². The lowest BCUT2D eigenvalue weighted by Crippen LogP contribution is -2.32. The summed E-state index contributed by atoms with van der Waals surface area (Å²) >= 11 is 6.09. The first-order valence-corrected chi connectivity index (χ1v) is 5.14. The largest absolute Gasteiger partial charge is 0.372 e. The molecule has 1 aliphatic rings. The van der Waals surface area contributed by atoms with Gasteiger partial charge < -0.3 is 10.5 Å². The zero-order valence-electron chi connectivity index (χ0n) is 8.38. The molecule has 0 saturated carbocycles. The highest BCUT2D eigenvalue weighted by Gasteiger charge is 2.26. The molecule has 0 bridgehead atoms. The fourth-order valence-electron chi connectivity index (χ4n) is 1.92. The second-order valence-corrected chi connectivity index (χ2v) is 4.21. The molecule has 0 radical (unpaired) electrons. The van der Waals surface area contributed by atoms with Gasteiger partial charge in [-0.05, 0) is 31.0 Å². The van der Waals surface area contributed by atoms with Gasteiger partial charge >= 0.3 is 0 Å². The monoisotopic (exact) mass is 211 g/mol. The Morgan fingerprint density at radius 1 is 1.50 bits per heavy atom. The third-order valence-corrected chi connectivity index (χ3v) is 3.20. The Morgan fingerprint density at radius 2 is 2.21 bits per heavy atom. The van der Waals surface area contributed by atoms with E-state index in [0.29, 0.717) is 6.61 Å². The van der Waals surface area contributed by atoms with Crippen LogP contribution in [0.2, 0.25) is 5.02 Å². The van der Waals surface area contributed by atoms with Crippen LogP contribution >= 0.6 is 11.6 Å². The van der Waals surface area contributed by atoms with Gasteiger partial charge in [-0.3, -0.25) is 0 Å². The first-order chi connectivity index (χ1) is 6.61. The van der Waals surface area contributed by atoms with Crippen molar-refractivity contribution in [1.29, 1.82) is 0 Å². The van der Waals surface area contributed by atoms with E-state index < -0.39 is 0 Å². The van der Waals surface area contributed by atoms with Crippen molar-refractivity contribution < 1.29 is 4.74 Å². The molecule has 0 aliphatic carbocycles. The molecule has 2 N–H and O–H groups in total. The maximum absolute atomic E-state index is 6.09. The SMILES string of the molecule is Cc1ccc(Cl)c2c1[C@H](N)C(C)OC2. The molecule has 14 heavy (non-hydrogen) atoms. The van der Waals surface area contributed by atoms with Crippen molar-refractivity contribution in [3.8, 4) is 0 Å². The lowest BCUT2D eigenvalue weighted by molar-refractivity contribution is 0.0212. The van der Waals surface area contributed by atoms with Crippen molar-refractivity contribution in [2.24, 2.45) is 5.73 Å². The van der Waals surface area contributed by atoms with Crippen molar-refractivity contribution in [3.63, 3.8) is 0 Å². The van der Waals surface area contributed by atoms with Gasteiger partial charge in [-0.25, -0.2) is 0 Å². The van der Waals surface area contributed by atoms with Gasteiger partial charge in [0.1, 0.15) is 0 Å². The van der Waals surface area contributed by atoms with Crippen molar-refractivity contribution in [3.05, 3.63) is 33.8 Å². The van der Waals surface area contributed by atoms with E-state index in [-0.39, 0.29) is 12.1 Å². The molecule has 3 heteroatoms. The standard InChI is InChI=1S/C11H14ClNO/c1-6-3-4-9(12)8-5-14-7(2)11(13)10(6)8/h3-4,7,11H,5,13H2,1-2H3/t7?,11-/m1/s1. The van der Waals surface area contributed by atoms with Gasteiger partial charge in [-0.15, -0.1) is 0 Å². The number of nitrogens with two attached hydrogens (primary N) is 1. The number of hydrogen-bond acceptors (Lipinski definition) is 2. The summed E-state index contributed by atoms with van der Waals surface area (Å²) in [6, 6.07) is 3.86. The highest BCUT2D eigenvalue weighted by molar-refractivity contribution is 6.31. The van der Waals surface area contributed by atoms with E-state index in [1.54, 1.807) is 0 Å². The number of halogens is 1. The van der Waals surface area contributed by atoms with Crippen molar-refractivity contribution in [2.75, 3.05) is 0 Å². The fourth-order valence-corrected chi connectivity index (χ4v) is 2.14. The first kappa shape index (κ1) is 9.97. The van der Waals surface area contributed by atoms with Gasteiger partial charge in [0, 0.05) is 10.6 Å². The maximum Gasteiger partial charge on any atom is 0.0744 e. The molecule has 2 rings (SSSR count). The van der Waals surface area contributed by atoms with Crippen molar-refractivity contribution in [2.45, 2.75) is 32.6 Å². The molecule has 0 fully saturated rings. The van der Waals surface area contributed by atoms with Crippen LogP contribution < -0.4 is 5.73 Å². The van der Waals surface area contributed by atoms with E-state index in [1.807, 2.05) is 19.1 Å². The zero-order chi connectivity index (χ0) is 10.3. The second-order valence-electron chi connectivity index (χ2n) is 3.80. The minimum Gasteiger partial charge on any atom is -0.372 e. The summed E-state index contributed by atoms with van der Waals surface area (Å²) in [5, 5.41) is 0.757. The fraction of sp³-hybridized carbons (Fsp3) is 0.455.